The quantitative estimate of drug-likeness (QED) is 0.0357. The summed E-state index contributed by atoms with van der Waals surface area (Å²) >= 11 is 0. The molecule has 0 saturated heterocycles. The van der Waals surface area contributed by atoms with Crippen LogP contribution in [-0.2, 0) is 36.8 Å². The predicted molar refractivity (Wildman–Crippen MR) is 311 cm³/mol. The number of aliphatic hydroxyl groups excluding tert-OH is 1. The first-order valence-corrected chi connectivity index (χ1v) is 38.7. The molecular formula is C57H115NO9Si4. The molecular weight excluding hydrogens is 955 g/mol. The Bertz CT molecular complexity index is 1760. The van der Waals surface area contributed by atoms with Gasteiger partial charge in [-0.05, 0) is 136 Å². The number of carbonyl (C=O) groups is 3. The normalized spacial score (nSPS) is 18.5. The van der Waals surface area contributed by atoms with Crippen LogP contribution in [0.3, 0.4) is 0 Å². The zero-order chi connectivity index (χ0) is 56.6. The maximum atomic E-state index is 14.7. The Hall–Kier alpha value is -1.24. The molecule has 0 rings (SSSR count). The number of nitrogens with one attached hydrogen (secondary N) is 1. The Morgan fingerprint density at radius 2 is 0.958 bits per heavy atom. The van der Waals surface area contributed by atoms with E-state index in [1.54, 1.807) is 6.08 Å². The highest BCUT2D eigenvalue weighted by molar-refractivity contribution is 6.75. The molecule has 0 aromatic heterocycles. The van der Waals surface area contributed by atoms with Gasteiger partial charge in [-0.15, -0.1) is 0 Å². The van der Waals surface area contributed by atoms with E-state index in [1.165, 1.54) is 13.2 Å². The van der Waals surface area contributed by atoms with E-state index in [4.69, 9.17) is 22.4 Å². The fourth-order valence-corrected chi connectivity index (χ4v) is 13.6. The van der Waals surface area contributed by atoms with Gasteiger partial charge in [-0.25, -0.2) is 0 Å². The fraction of sp³-hybridized carbons (Fsp3) is 0.877. The minimum atomic E-state index is -2.53. The molecule has 14 heteroatoms. The number of allylic oxidation sites excluding steroid dienone is 1. The summed E-state index contributed by atoms with van der Waals surface area (Å²) in [5.41, 5.74) is -0.148. The molecule has 0 saturated carbocycles. The number of ether oxygens (including phenoxy) is 1. The van der Waals surface area contributed by atoms with Crippen molar-refractivity contribution < 1.29 is 41.9 Å². The van der Waals surface area contributed by atoms with Crippen molar-refractivity contribution in [2.75, 3.05) is 7.11 Å². The molecule has 9 atom stereocenters. The number of hydrogen-bond donors (Lipinski definition) is 2. The molecule has 0 aromatic rings. The molecule has 10 nitrogen and oxygen atoms in total. The largest absolute Gasteiger partial charge is 0.469 e. The first-order valence-electron chi connectivity index (χ1n) is 27.1. The maximum absolute atomic E-state index is 14.7. The fourth-order valence-electron chi connectivity index (χ4n) is 7.89. The van der Waals surface area contributed by atoms with Crippen molar-refractivity contribution in [1.29, 1.82) is 0 Å². The van der Waals surface area contributed by atoms with E-state index in [1.807, 2.05) is 34.6 Å². The lowest BCUT2D eigenvalue weighted by atomic mass is 9.77. The van der Waals surface area contributed by atoms with Crippen LogP contribution < -0.4 is 5.32 Å². The van der Waals surface area contributed by atoms with Gasteiger partial charge in [0.15, 0.2) is 33.3 Å². The Morgan fingerprint density at radius 1 is 0.577 bits per heavy atom. The Labute approximate surface area is 442 Å². The van der Waals surface area contributed by atoms with E-state index in [0.29, 0.717) is 12.8 Å². The van der Waals surface area contributed by atoms with Crippen molar-refractivity contribution >= 4 is 50.9 Å². The molecule has 0 bridgehead atoms. The number of hydrogen-bond acceptors (Lipinski definition) is 9. The monoisotopic (exact) mass is 1070 g/mol. The lowest BCUT2D eigenvalue weighted by Gasteiger charge is -2.48. The second-order valence-electron chi connectivity index (χ2n) is 28.8. The molecule has 1 amide bonds. The van der Waals surface area contributed by atoms with Gasteiger partial charge in [0.2, 0.25) is 5.91 Å². The zero-order valence-electron chi connectivity index (χ0n) is 51.9. The standard InChI is InChI=1S/C57H115NO9Si4/c1-38(2)49(65-69(26,27)54(12,13)14)43(8)52(62)57(21,22)35-34-45(59)58-47(50(39(3)4)66-70(28,29)55(15,16)17)51(67-71(30,31)56(18,19)20)42(7)36-41(6)48(61)40(5)32-33-44(37-46(60)63-23)64-68(24,25)53(9,10)11/h34-36,38-40,42-44,47-51,61H,32-33,37H2,1-31H3,(H,58,59)/b35-34+,41-36+/t40-,42+,43-,44?,47+,48?,49-,50+,51+/m0/s1. The van der Waals surface area contributed by atoms with Crippen molar-refractivity contribution in [3.05, 3.63) is 23.8 Å². The molecule has 0 aliphatic carbocycles. The third-order valence-electron chi connectivity index (χ3n) is 17.1. The molecule has 2 unspecified atom stereocenters. The van der Waals surface area contributed by atoms with Crippen LogP contribution in [0.25, 0.3) is 0 Å². The van der Waals surface area contributed by atoms with Gasteiger partial charge in [0, 0.05) is 17.3 Å². The van der Waals surface area contributed by atoms with Gasteiger partial charge in [0.25, 0.3) is 0 Å². The van der Waals surface area contributed by atoms with Crippen LogP contribution in [0.2, 0.25) is 72.5 Å². The smallest absolute Gasteiger partial charge is 0.308 e. The minimum absolute atomic E-state index is 0.00831. The summed E-state index contributed by atoms with van der Waals surface area (Å²) in [4.78, 5) is 41.7. The summed E-state index contributed by atoms with van der Waals surface area (Å²) in [6.07, 6.45) is 4.49. The molecule has 71 heavy (non-hydrogen) atoms. The van der Waals surface area contributed by atoms with Crippen LogP contribution in [0.15, 0.2) is 23.8 Å². The highest BCUT2D eigenvalue weighted by Crippen LogP contribution is 2.44. The van der Waals surface area contributed by atoms with Crippen LogP contribution in [0, 0.1) is 35.0 Å². The summed E-state index contributed by atoms with van der Waals surface area (Å²) in [7, 11) is -7.94. The highest BCUT2D eigenvalue weighted by Gasteiger charge is 2.49. The lowest BCUT2D eigenvalue weighted by molar-refractivity contribution is -0.142. The third kappa shape index (κ3) is 20.7. The number of esters is 1. The van der Waals surface area contributed by atoms with E-state index in [-0.39, 0.29) is 80.1 Å². The number of amides is 1. The molecule has 0 heterocycles. The number of ketones is 1. The van der Waals surface area contributed by atoms with Crippen LogP contribution in [-0.4, -0.2) is 99.7 Å². The molecule has 0 fully saturated rings. The van der Waals surface area contributed by atoms with Gasteiger partial charge in [0.1, 0.15) is 5.78 Å². The summed E-state index contributed by atoms with van der Waals surface area (Å²) in [6.45, 7) is 64.8. The molecule has 0 spiro atoms. The minimum Gasteiger partial charge on any atom is -0.469 e. The molecule has 418 valence electrons. The SMILES string of the molecule is COC(=O)CC(CC[C@H](C)C(O)/C(C)=C/[C@@H](C)[C@@H](O[Si](C)(C)C(C)(C)C)[C@H](NC(=O)/C=C/C(C)(C)C(=O)[C@@H](C)[C@@H](O[Si](C)(C)C(C)(C)C)C(C)C)[C@H](O[Si](C)(C)C(C)(C)C)C(C)C)O[Si](C)(C)C(C)(C)C. The second kappa shape index (κ2) is 26.2. The van der Waals surface area contributed by atoms with Crippen molar-refractivity contribution in [1.82, 2.24) is 5.32 Å². The average molecular weight is 1070 g/mol. The molecule has 0 aliphatic rings. The van der Waals surface area contributed by atoms with Crippen LogP contribution in [0.5, 0.6) is 0 Å². The first-order chi connectivity index (χ1) is 31.4. The van der Waals surface area contributed by atoms with E-state index in [9.17, 15) is 19.5 Å². The van der Waals surface area contributed by atoms with Crippen LogP contribution >= 0.6 is 0 Å². The predicted octanol–water partition coefficient (Wildman–Crippen LogP) is 15.1. The van der Waals surface area contributed by atoms with E-state index in [0.717, 1.165) is 5.57 Å². The van der Waals surface area contributed by atoms with Crippen molar-refractivity contribution in [2.45, 2.75) is 281 Å². The van der Waals surface area contributed by atoms with Gasteiger partial charge in [-0.1, -0.05) is 144 Å². The number of rotatable bonds is 27. The maximum Gasteiger partial charge on any atom is 0.308 e. The Morgan fingerprint density at radius 3 is 1.34 bits per heavy atom. The number of aliphatic hydroxyl groups is 1. The first kappa shape index (κ1) is 69.8. The molecule has 0 radical (unpaired) electrons. The number of carbonyl (C=O) groups excluding carboxylic acids is 3. The van der Waals surface area contributed by atoms with E-state index >= 15 is 0 Å². The molecule has 2 N–H and O–H groups in total. The van der Waals surface area contributed by atoms with Gasteiger partial charge >= 0.3 is 5.97 Å². The third-order valence-corrected chi connectivity index (χ3v) is 35.1. The van der Waals surface area contributed by atoms with Gasteiger partial charge in [-0.3, -0.25) is 14.4 Å². The van der Waals surface area contributed by atoms with Gasteiger partial charge < -0.3 is 32.9 Å². The van der Waals surface area contributed by atoms with Crippen LogP contribution in [0.1, 0.15) is 172 Å². The second-order valence-corrected chi connectivity index (χ2v) is 47.8. The Balaban J connectivity index is 7.59. The van der Waals surface area contributed by atoms with Crippen molar-refractivity contribution in [3.8, 4) is 0 Å². The Kier molecular flexibility index (Phi) is 25.7. The molecule has 0 aliphatic heterocycles. The molecule has 0 aromatic carbocycles. The van der Waals surface area contributed by atoms with E-state index in [2.05, 4.69) is 181 Å². The summed E-state index contributed by atoms with van der Waals surface area (Å²) in [5, 5.41) is 15.2. The lowest BCUT2D eigenvalue weighted by Crippen LogP contribution is -2.61. The number of Topliss-reactive ketones (excluding diaryl/α,β-unsaturated/α-hetero) is 1. The van der Waals surface area contributed by atoms with Gasteiger partial charge in [0.05, 0.1) is 50.1 Å². The number of methoxy groups -OCH3 is 1. The highest BCUT2D eigenvalue weighted by atomic mass is 28.4. The summed E-state index contributed by atoms with van der Waals surface area (Å²) < 4.78 is 33.6. The topological polar surface area (TPSA) is 130 Å². The van der Waals surface area contributed by atoms with Crippen LogP contribution in [0.4, 0.5) is 0 Å². The summed E-state index contributed by atoms with van der Waals surface area (Å²) in [6, 6.07) is -0.600. The van der Waals surface area contributed by atoms with Gasteiger partial charge in [-0.2, -0.15) is 0 Å². The average Bonchev–Trinajstić information content (AvgIpc) is 3.18. The van der Waals surface area contributed by atoms with Crippen molar-refractivity contribution in [2.24, 2.45) is 35.0 Å². The van der Waals surface area contributed by atoms with E-state index < -0.39 is 69.0 Å². The zero-order valence-corrected chi connectivity index (χ0v) is 55.9. The van der Waals surface area contributed by atoms with Crippen molar-refractivity contribution in [3.63, 3.8) is 0 Å². The summed E-state index contributed by atoms with van der Waals surface area (Å²) in [5.74, 6) is -1.29.